The number of nitrogens with one attached hydrogen (secondary N) is 3. The van der Waals surface area contributed by atoms with Crippen molar-refractivity contribution in [3.8, 4) is 0 Å². The summed E-state index contributed by atoms with van der Waals surface area (Å²) in [5, 5.41) is 23.5. The summed E-state index contributed by atoms with van der Waals surface area (Å²) in [4.78, 5) is 56.9. The van der Waals surface area contributed by atoms with Gasteiger partial charge in [-0.15, -0.1) is 0 Å². The van der Waals surface area contributed by atoms with Crippen LogP contribution in [0.15, 0.2) is 12.5 Å². The highest BCUT2D eigenvalue weighted by Crippen LogP contribution is 2.19. The number of aliphatic carboxylic acids is 1. The summed E-state index contributed by atoms with van der Waals surface area (Å²) in [5.41, 5.74) is 6.69. The predicted octanol–water partition coefficient (Wildman–Crippen LogP) is -2.27. The molecule has 2 rings (SSSR count). The third-order valence-electron chi connectivity index (χ3n) is 4.94. The number of aliphatic hydroxyl groups is 1. The minimum absolute atomic E-state index is 0.232. The molecule has 1 aliphatic heterocycles. The van der Waals surface area contributed by atoms with Crippen LogP contribution < -0.4 is 16.4 Å². The summed E-state index contributed by atoms with van der Waals surface area (Å²) in [5.74, 6) is -3.10. The molecular weight excluding hydrogens is 396 g/mol. The molecule has 0 aliphatic carbocycles. The standard InChI is InChI=1S/C18H28N6O6/c1-9(18(29)30)22-16(27)14(10(2)25)23-15(26)13-4-3-5-24(13)17(28)12(19)6-11-7-20-8-21-11/h7-10,12-14,25H,3-6,19H2,1-2H3,(H,20,21)(H,22,27)(H,23,26)(H,29,30). The molecule has 1 saturated heterocycles. The number of carboxylic acid groups (broad SMARTS) is 1. The van der Waals surface area contributed by atoms with Crippen molar-refractivity contribution in [2.45, 2.75) is 63.4 Å². The van der Waals surface area contributed by atoms with Gasteiger partial charge in [0.2, 0.25) is 17.7 Å². The van der Waals surface area contributed by atoms with Gasteiger partial charge in [-0.2, -0.15) is 0 Å². The predicted molar refractivity (Wildman–Crippen MR) is 104 cm³/mol. The van der Waals surface area contributed by atoms with Gasteiger partial charge in [0.25, 0.3) is 0 Å². The van der Waals surface area contributed by atoms with E-state index >= 15 is 0 Å². The third kappa shape index (κ3) is 5.76. The van der Waals surface area contributed by atoms with Gasteiger partial charge in [-0.05, 0) is 26.7 Å². The maximum atomic E-state index is 12.8. The molecule has 0 spiro atoms. The monoisotopic (exact) mass is 424 g/mol. The molecule has 30 heavy (non-hydrogen) atoms. The van der Waals surface area contributed by atoms with Crippen LogP contribution in [0, 0.1) is 0 Å². The van der Waals surface area contributed by atoms with E-state index in [2.05, 4.69) is 20.6 Å². The lowest BCUT2D eigenvalue weighted by atomic mass is 10.1. The number of hydrogen-bond donors (Lipinski definition) is 6. The van der Waals surface area contributed by atoms with Crippen LogP contribution in [0.2, 0.25) is 0 Å². The van der Waals surface area contributed by atoms with Gasteiger partial charge in [-0.1, -0.05) is 0 Å². The average Bonchev–Trinajstić information content (AvgIpc) is 3.36. The molecule has 2 heterocycles. The number of likely N-dealkylation sites (tertiary alicyclic amines) is 1. The van der Waals surface area contributed by atoms with E-state index in [9.17, 15) is 24.3 Å². The number of aliphatic hydroxyl groups excluding tert-OH is 1. The van der Waals surface area contributed by atoms with Crippen molar-refractivity contribution in [3.63, 3.8) is 0 Å². The Balaban J connectivity index is 2.03. The minimum Gasteiger partial charge on any atom is -0.480 e. The maximum absolute atomic E-state index is 12.8. The number of aromatic nitrogens is 2. The molecule has 0 aromatic carbocycles. The molecule has 12 heteroatoms. The summed E-state index contributed by atoms with van der Waals surface area (Å²) in [6.45, 7) is 2.91. The van der Waals surface area contributed by atoms with Crippen LogP contribution in [-0.2, 0) is 25.6 Å². The molecule has 7 N–H and O–H groups in total. The molecule has 1 aromatic rings. The maximum Gasteiger partial charge on any atom is 0.325 e. The van der Waals surface area contributed by atoms with Gasteiger partial charge in [0.1, 0.15) is 18.1 Å². The minimum atomic E-state index is -1.37. The Morgan fingerprint density at radius 2 is 2.03 bits per heavy atom. The quantitative estimate of drug-likeness (QED) is 0.255. The van der Waals surface area contributed by atoms with Crippen LogP contribution >= 0.6 is 0 Å². The Kier molecular flexibility index (Phi) is 7.89. The van der Waals surface area contributed by atoms with Crippen molar-refractivity contribution in [3.05, 3.63) is 18.2 Å². The lowest BCUT2D eigenvalue weighted by Crippen LogP contribution is -2.59. The fourth-order valence-corrected chi connectivity index (χ4v) is 3.26. The molecule has 1 fully saturated rings. The number of nitrogens with zero attached hydrogens (tertiary/aromatic N) is 2. The highest BCUT2D eigenvalue weighted by Gasteiger charge is 2.38. The molecule has 1 aromatic heterocycles. The molecule has 0 saturated carbocycles. The van der Waals surface area contributed by atoms with E-state index in [4.69, 9.17) is 10.8 Å². The van der Waals surface area contributed by atoms with E-state index in [0.29, 0.717) is 25.1 Å². The zero-order valence-electron chi connectivity index (χ0n) is 16.9. The average molecular weight is 424 g/mol. The molecule has 1 aliphatic rings. The number of carbonyl (C=O) groups is 4. The number of H-pyrrole nitrogens is 1. The smallest absolute Gasteiger partial charge is 0.325 e. The largest absolute Gasteiger partial charge is 0.480 e. The first kappa shape index (κ1) is 23.3. The van der Waals surface area contributed by atoms with Gasteiger partial charge < -0.3 is 36.5 Å². The number of nitrogens with two attached hydrogens (primary N) is 1. The zero-order valence-corrected chi connectivity index (χ0v) is 16.9. The number of amides is 3. The SMILES string of the molecule is CC(NC(=O)C(NC(=O)C1CCCN1C(=O)C(N)Cc1cnc[nH]1)C(C)O)C(=O)O. The summed E-state index contributed by atoms with van der Waals surface area (Å²) in [6.07, 6.45) is 2.96. The molecule has 12 nitrogen and oxygen atoms in total. The van der Waals surface area contributed by atoms with Crippen LogP contribution in [0.1, 0.15) is 32.4 Å². The van der Waals surface area contributed by atoms with Crippen molar-refractivity contribution in [2.75, 3.05) is 6.54 Å². The first-order valence-electron chi connectivity index (χ1n) is 9.66. The Bertz CT molecular complexity index is 767. The van der Waals surface area contributed by atoms with Crippen LogP contribution in [0.4, 0.5) is 0 Å². The van der Waals surface area contributed by atoms with E-state index in [1.807, 2.05) is 0 Å². The lowest BCUT2D eigenvalue weighted by molar-refractivity contribution is -0.143. The highest BCUT2D eigenvalue weighted by molar-refractivity contribution is 5.94. The van der Waals surface area contributed by atoms with Gasteiger partial charge in [-0.3, -0.25) is 19.2 Å². The second-order valence-electron chi connectivity index (χ2n) is 7.37. The normalized spacial score (nSPS) is 20.1. The Labute approximate surface area is 173 Å². The Morgan fingerprint density at radius 3 is 2.60 bits per heavy atom. The first-order chi connectivity index (χ1) is 14.1. The van der Waals surface area contributed by atoms with E-state index < -0.39 is 54.0 Å². The first-order valence-corrected chi connectivity index (χ1v) is 9.66. The van der Waals surface area contributed by atoms with Crippen LogP contribution in [-0.4, -0.2) is 85.6 Å². The van der Waals surface area contributed by atoms with Crippen molar-refractivity contribution >= 4 is 23.7 Å². The Hall–Kier alpha value is -2.99. The van der Waals surface area contributed by atoms with E-state index in [-0.39, 0.29) is 6.42 Å². The zero-order chi connectivity index (χ0) is 22.4. The number of carbonyl (C=O) groups excluding carboxylic acids is 3. The molecule has 0 bridgehead atoms. The van der Waals surface area contributed by atoms with E-state index in [1.54, 1.807) is 6.20 Å². The van der Waals surface area contributed by atoms with Crippen LogP contribution in [0.5, 0.6) is 0 Å². The van der Waals surface area contributed by atoms with Crippen LogP contribution in [0.3, 0.4) is 0 Å². The number of rotatable bonds is 9. The summed E-state index contributed by atoms with van der Waals surface area (Å²) in [7, 11) is 0. The molecular formula is C18H28N6O6. The van der Waals surface area contributed by atoms with Gasteiger partial charge in [-0.25, -0.2) is 4.98 Å². The summed E-state index contributed by atoms with van der Waals surface area (Å²) < 4.78 is 0. The van der Waals surface area contributed by atoms with E-state index in [0.717, 1.165) is 0 Å². The van der Waals surface area contributed by atoms with Crippen molar-refractivity contribution in [1.82, 2.24) is 25.5 Å². The topological polar surface area (TPSA) is 191 Å². The highest BCUT2D eigenvalue weighted by atomic mass is 16.4. The Morgan fingerprint density at radius 1 is 1.33 bits per heavy atom. The number of carboxylic acids is 1. The molecule has 5 atom stereocenters. The number of imidazole rings is 1. The third-order valence-corrected chi connectivity index (χ3v) is 4.94. The molecule has 0 radical (unpaired) electrons. The fraction of sp³-hybridized carbons (Fsp3) is 0.611. The van der Waals surface area contributed by atoms with Gasteiger partial charge in [0, 0.05) is 24.9 Å². The number of aromatic amines is 1. The molecule has 5 unspecified atom stereocenters. The molecule has 166 valence electrons. The summed E-state index contributed by atoms with van der Waals surface area (Å²) in [6, 6.07) is -4.27. The second kappa shape index (κ2) is 10.2. The molecule has 3 amide bonds. The van der Waals surface area contributed by atoms with Gasteiger partial charge in [0.05, 0.1) is 18.5 Å². The van der Waals surface area contributed by atoms with Gasteiger partial charge in [0.15, 0.2) is 0 Å². The number of hydrogen-bond acceptors (Lipinski definition) is 7. The second-order valence-corrected chi connectivity index (χ2v) is 7.37. The van der Waals surface area contributed by atoms with E-state index in [1.165, 1.54) is 25.1 Å². The van der Waals surface area contributed by atoms with Crippen molar-refractivity contribution in [2.24, 2.45) is 5.73 Å². The fourth-order valence-electron chi connectivity index (χ4n) is 3.26. The van der Waals surface area contributed by atoms with Crippen molar-refractivity contribution < 1.29 is 29.4 Å². The lowest BCUT2D eigenvalue weighted by Gasteiger charge is -2.29. The van der Waals surface area contributed by atoms with Crippen LogP contribution in [0.25, 0.3) is 0 Å². The van der Waals surface area contributed by atoms with Gasteiger partial charge >= 0.3 is 5.97 Å². The van der Waals surface area contributed by atoms with Crippen molar-refractivity contribution in [1.29, 1.82) is 0 Å². The summed E-state index contributed by atoms with van der Waals surface area (Å²) >= 11 is 0.